The van der Waals surface area contributed by atoms with Gasteiger partial charge in [0.1, 0.15) is 19.3 Å². The standard InChI is InChI=1S/C88H172O17P2/c1-7-9-11-13-15-17-19-21-23-25-27-28-29-31-33-35-37-42-46-54-60-66-72-87(92)104-83(76-98-85(90)70-64-58-52-45-41-36-34-32-30-26-24-22-20-18-16-14-12-10-8-2)78-102-106(94,95)100-74-82(89)75-101-107(96,97)103-79-84(77-99-86(91)71-65-59-53-49-48-51-57-63-69-81(5)6)105-88(93)73-67-61-55-47-43-39-38-40-44-50-56-62-68-80(3)4/h80-84,89H,7-79H2,1-6H3,(H,94,95)(H,96,97)/t82-,83-,84-/m1/s1. The Labute approximate surface area is 658 Å². The molecule has 17 nitrogen and oxygen atoms in total. The van der Waals surface area contributed by atoms with Crippen LogP contribution in [-0.4, -0.2) is 96.7 Å². The lowest BCUT2D eigenvalue weighted by Crippen LogP contribution is -2.30. The molecule has 0 aromatic rings. The normalized spacial score (nSPS) is 13.8. The van der Waals surface area contributed by atoms with E-state index in [1.165, 1.54) is 289 Å². The zero-order valence-corrected chi connectivity index (χ0v) is 72.2. The maximum absolute atomic E-state index is 13.2. The van der Waals surface area contributed by atoms with Gasteiger partial charge in [-0.25, -0.2) is 9.13 Å². The van der Waals surface area contributed by atoms with E-state index in [4.69, 9.17) is 37.0 Å². The molecule has 0 fully saturated rings. The summed E-state index contributed by atoms with van der Waals surface area (Å²) in [5, 5.41) is 10.7. The second-order valence-electron chi connectivity index (χ2n) is 32.6. The first-order valence-corrected chi connectivity index (χ1v) is 48.5. The molecule has 3 N–H and O–H groups in total. The van der Waals surface area contributed by atoms with Gasteiger partial charge in [0.2, 0.25) is 0 Å². The van der Waals surface area contributed by atoms with Crippen molar-refractivity contribution in [3.05, 3.63) is 0 Å². The molecule has 19 heteroatoms. The van der Waals surface area contributed by atoms with Crippen LogP contribution in [0.15, 0.2) is 0 Å². The molecule has 0 bridgehead atoms. The van der Waals surface area contributed by atoms with E-state index < -0.39 is 97.5 Å². The first-order valence-electron chi connectivity index (χ1n) is 45.5. The summed E-state index contributed by atoms with van der Waals surface area (Å²) < 4.78 is 69.0. The minimum absolute atomic E-state index is 0.107. The average molecular weight is 1560 g/mol. The highest BCUT2D eigenvalue weighted by Gasteiger charge is 2.30. The highest BCUT2D eigenvalue weighted by molar-refractivity contribution is 7.47. The quantitative estimate of drug-likeness (QED) is 0.0222. The van der Waals surface area contributed by atoms with Crippen LogP contribution in [0.1, 0.15) is 472 Å². The molecule has 0 saturated carbocycles. The molecule has 0 radical (unpaired) electrons. The first kappa shape index (κ1) is 105. The Hall–Kier alpha value is -1.94. The fourth-order valence-electron chi connectivity index (χ4n) is 13.8. The smallest absolute Gasteiger partial charge is 0.462 e. The molecule has 0 aliphatic rings. The number of rotatable bonds is 87. The van der Waals surface area contributed by atoms with Crippen LogP contribution in [0.5, 0.6) is 0 Å². The summed E-state index contributed by atoms with van der Waals surface area (Å²) in [5.74, 6) is -0.599. The van der Waals surface area contributed by atoms with Gasteiger partial charge >= 0.3 is 39.5 Å². The lowest BCUT2D eigenvalue weighted by molar-refractivity contribution is -0.161. The molecule has 636 valence electrons. The Morgan fingerprint density at radius 1 is 0.252 bits per heavy atom. The van der Waals surface area contributed by atoms with Crippen molar-refractivity contribution in [3.63, 3.8) is 0 Å². The number of phosphoric ester groups is 2. The van der Waals surface area contributed by atoms with Crippen LogP contribution in [0.4, 0.5) is 0 Å². The molecule has 0 rings (SSSR count). The van der Waals surface area contributed by atoms with Crippen molar-refractivity contribution in [1.29, 1.82) is 0 Å². The van der Waals surface area contributed by atoms with E-state index in [0.29, 0.717) is 25.7 Å². The van der Waals surface area contributed by atoms with Gasteiger partial charge in [-0.15, -0.1) is 0 Å². The number of aliphatic hydroxyl groups excluding tert-OH is 1. The third kappa shape index (κ3) is 81.9. The Balaban J connectivity index is 5.23. The number of hydrogen-bond acceptors (Lipinski definition) is 15. The summed E-state index contributed by atoms with van der Waals surface area (Å²) in [5.41, 5.74) is 0. The number of carbonyl (C=O) groups is 4. The van der Waals surface area contributed by atoms with E-state index >= 15 is 0 Å². The minimum atomic E-state index is -4.97. The molecule has 0 aromatic heterocycles. The van der Waals surface area contributed by atoms with Gasteiger partial charge < -0.3 is 33.8 Å². The molecule has 0 amide bonds. The molecule has 0 aliphatic heterocycles. The summed E-state index contributed by atoms with van der Waals surface area (Å²) in [6, 6.07) is 0. The molecule has 2 unspecified atom stereocenters. The van der Waals surface area contributed by atoms with E-state index in [1.54, 1.807) is 0 Å². The second kappa shape index (κ2) is 79.3. The zero-order chi connectivity index (χ0) is 78.5. The third-order valence-corrected chi connectivity index (χ3v) is 22.6. The SMILES string of the molecule is CCCCCCCCCCCCCCCCCCCCCCCCC(=O)O[C@H](COC(=O)CCCCCCCCCCCCCCCCCCCCC)COP(=O)(O)OC[C@@H](O)COP(=O)(O)OC[C@@H](COC(=O)CCCCCCCCCCC(C)C)OC(=O)CCCCCCCCCCCCCCC(C)C. The number of carbonyl (C=O) groups excluding carboxylic acids is 4. The lowest BCUT2D eigenvalue weighted by Gasteiger charge is -2.21. The molecular weight excluding hydrogens is 1390 g/mol. The molecule has 0 aliphatic carbocycles. The maximum Gasteiger partial charge on any atom is 0.472 e. The van der Waals surface area contributed by atoms with Crippen LogP contribution < -0.4 is 0 Å². The van der Waals surface area contributed by atoms with Gasteiger partial charge in [-0.3, -0.25) is 37.3 Å². The Kier molecular flexibility index (Phi) is 77.9. The van der Waals surface area contributed by atoms with Gasteiger partial charge in [-0.1, -0.05) is 420 Å². The molecule has 107 heavy (non-hydrogen) atoms. The van der Waals surface area contributed by atoms with Crippen molar-refractivity contribution in [1.82, 2.24) is 0 Å². The van der Waals surface area contributed by atoms with Gasteiger partial charge in [0.15, 0.2) is 12.2 Å². The highest BCUT2D eigenvalue weighted by Crippen LogP contribution is 2.45. The van der Waals surface area contributed by atoms with Crippen molar-refractivity contribution >= 4 is 39.5 Å². The van der Waals surface area contributed by atoms with E-state index in [2.05, 4.69) is 41.5 Å². The first-order chi connectivity index (χ1) is 51.9. The van der Waals surface area contributed by atoms with E-state index in [9.17, 15) is 43.2 Å². The molecular formula is C88H172O17P2. The monoisotopic (exact) mass is 1560 g/mol. The summed E-state index contributed by atoms with van der Waals surface area (Å²) >= 11 is 0. The van der Waals surface area contributed by atoms with Crippen molar-refractivity contribution in [2.45, 2.75) is 490 Å². The van der Waals surface area contributed by atoms with Gasteiger partial charge in [-0.05, 0) is 37.5 Å². The fraction of sp³-hybridized carbons (Fsp3) is 0.955. The highest BCUT2D eigenvalue weighted by atomic mass is 31.2. The van der Waals surface area contributed by atoms with E-state index in [1.807, 2.05) is 0 Å². The van der Waals surface area contributed by atoms with Crippen molar-refractivity contribution < 1.29 is 80.2 Å². The summed E-state index contributed by atoms with van der Waals surface area (Å²) in [6.45, 7) is 9.65. The predicted molar refractivity (Wildman–Crippen MR) is 442 cm³/mol. The minimum Gasteiger partial charge on any atom is -0.462 e. The van der Waals surface area contributed by atoms with E-state index in [0.717, 1.165) is 102 Å². The topological polar surface area (TPSA) is 237 Å². The maximum atomic E-state index is 13.2. The Bertz CT molecular complexity index is 2050. The lowest BCUT2D eigenvalue weighted by atomic mass is 10.0. The van der Waals surface area contributed by atoms with Crippen molar-refractivity contribution in [2.75, 3.05) is 39.6 Å². The molecule has 5 atom stereocenters. The number of hydrogen-bond donors (Lipinski definition) is 3. The average Bonchev–Trinajstić information content (AvgIpc) is 1.18. The van der Waals surface area contributed by atoms with Crippen LogP contribution in [0, 0.1) is 11.8 Å². The summed E-state index contributed by atoms with van der Waals surface area (Å²) in [6.07, 6.45) is 72.4. The fourth-order valence-corrected chi connectivity index (χ4v) is 15.4. The Morgan fingerprint density at radius 2 is 0.430 bits per heavy atom. The number of aliphatic hydroxyl groups is 1. The number of ether oxygens (including phenoxy) is 4. The number of unbranched alkanes of at least 4 members (excludes halogenated alkanes) is 57. The van der Waals surface area contributed by atoms with E-state index in [-0.39, 0.29) is 25.7 Å². The molecule has 0 spiro atoms. The summed E-state index contributed by atoms with van der Waals surface area (Å²) in [4.78, 5) is 73.3. The van der Waals surface area contributed by atoms with Gasteiger partial charge in [0, 0.05) is 25.7 Å². The summed E-state index contributed by atoms with van der Waals surface area (Å²) in [7, 11) is -9.93. The third-order valence-electron chi connectivity index (χ3n) is 20.7. The van der Waals surface area contributed by atoms with Crippen LogP contribution in [0.3, 0.4) is 0 Å². The second-order valence-corrected chi connectivity index (χ2v) is 35.5. The van der Waals surface area contributed by atoms with Gasteiger partial charge in [0.25, 0.3) is 0 Å². The molecule has 0 saturated heterocycles. The van der Waals surface area contributed by atoms with Crippen molar-refractivity contribution in [2.24, 2.45) is 11.8 Å². The van der Waals surface area contributed by atoms with Crippen LogP contribution in [-0.2, 0) is 65.4 Å². The van der Waals surface area contributed by atoms with Crippen LogP contribution in [0.25, 0.3) is 0 Å². The van der Waals surface area contributed by atoms with Gasteiger partial charge in [0.05, 0.1) is 26.4 Å². The zero-order valence-electron chi connectivity index (χ0n) is 70.5. The Morgan fingerprint density at radius 3 is 0.636 bits per heavy atom. The largest absolute Gasteiger partial charge is 0.472 e. The number of esters is 4. The van der Waals surface area contributed by atoms with Crippen molar-refractivity contribution in [3.8, 4) is 0 Å². The van der Waals surface area contributed by atoms with Crippen LogP contribution >= 0.6 is 15.6 Å². The molecule has 0 heterocycles. The van der Waals surface area contributed by atoms with Gasteiger partial charge in [-0.2, -0.15) is 0 Å². The van der Waals surface area contributed by atoms with Crippen LogP contribution in [0.2, 0.25) is 0 Å². The predicted octanol–water partition coefficient (Wildman–Crippen LogP) is 27.0. The molecule has 0 aromatic carbocycles. The number of phosphoric acid groups is 2.